The molecule has 0 saturated heterocycles. The Labute approximate surface area is 296 Å². The van der Waals surface area contributed by atoms with Crippen LogP contribution in [0.25, 0.3) is 21.5 Å². The number of benzene rings is 4. The molecule has 1 N–H and O–H groups in total. The molecule has 0 unspecified atom stereocenters. The molecule has 0 aromatic heterocycles. The van der Waals surface area contributed by atoms with E-state index in [1.807, 2.05) is 18.2 Å². The van der Waals surface area contributed by atoms with Crippen molar-refractivity contribution in [2.24, 2.45) is 0 Å². The first-order valence-corrected chi connectivity index (χ1v) is 18.0. The van der Waals surface area contributed by atoms with Gasteiger partial charge < -0.3 is 24.3 Å². The van der Waals surface area contributed by atoms with Crippen molar-refractivity contribution in [2.45, 2.75) is 96.9 Å². The van der Waals surface area contributed by atoms with Gasteiger partial charge in [-0.3, -0.25) is 4.79 Å². The number of aryl methyl sites for hydroxylation is 2. The molecule has 4 aromatic carbocycles. The van der Waals surface area contributed by atoms with Gasteiger partial charge in [-0.15, -0.1) is 0 Å². The van der Waals surface area contributed by atoms with E-state index in [1.54, 1.807) is 27.7 Å². The number of esters is 2. The van der Waals surface area contributed by atoms with Crippen LogP contribution in [0, 0.1) is 0 Å². The molecule has 0 heterocycles. The van der Waals surface area contributed by atoms with E-state index in [0.29, 0.717) is 13.0 Å². The third kappa shape index (κ3) is 12.9. The number of unbranched alkanes of at least 4 members (excludes halogenated alkanes) is 4. The second-order valence-corrected chi connectivity index (χ2v) is 13.6. The third-order valence-electron chi connectivity index (χ3n) is 8.33. The van der Waals surface area contributed by atoms with Crippen LogP contribution in [0.15, 0.2) is 84.9 Å². The average molecular weight is 684 g/mol. The van der Waals surface area contributed by atoms with Gasteiger partial charge >= 0.3 is 11.9 Å². The van der Waals surface area contributed by atoms with Crippen molar-refractivity contribution in [3.63, 3.8) is 0 Å². The van der Waals surface area contributed by atoms with Crippen LogP contribution < -0.4 is 5.32 Å². The maximum absolute atomic E-state index is 13.6. The molecule has 4 rings (SSSR count). The minimum Gasteiger partial charge on any atom is -0.464 e. The zero-order valence-corrected chi connectivity index (χ0v) is 30.1. The summed E-state index contributed by atoms with van der Waals surface area (Å²) in [5.74, 6) is -1.88. The molecular formula is C42H53NO7. The van der Waals surface area contributed by atoms with E-state index in [0.717, 1.165) is 44.9 Å². The Balaban J connectivity index is 1.31. The maximum atomic E-state index is 13.6. The standard InChI is InChI=1S/C42H53NO7/c1-5-47-37(44)30-49-39(41(46)50-42(2,3)4)38(48-27-15-7-9-17-32-23-25-34-19-11-13-21-36(34)29-32)40(45)43-26-14-6-8-16-31-22-24-33-18-10-12-20-35(33)28-31/h10-13,18-25,28-29,38-39H,5-9,14-17,26-27,30H2,1-4H3,(H,43,45)/t38-,39-/m1/s1. The minimum atomic E-state index is -1.44. The SMILES string of the molecule is CCOC(=O)CO[C@@H](C(=O)OC(C)(C)C)[C@@H](OCCCCCc1ccc2ccccc2c1)C(=O)NCCCCCc1ccc2ccccc2c1. The number of amides is 1. The number of carbonyl (C=O) groups excluding carboxylic acids is 3. The van der Waals surface area contributed by atoms with Crippen LogP contribution in [-0.2, 0) is 46.2 Å². The monoisotopic (exact) mass is 683 g/mol. The van der Waals surface area contributed by atoms with Crippen LogP contribution >= 0.6 is 0 Å². The molecule has 1 amide bonds. The van der Waals surface area contributed by atoms with Crippen molar-refractivity contribution < 1.29 is 33.3 Å². The van der Waals surface area contributed by atoms with Crippen molar-refractivity contribution in [2.75, 3.05) is 26.4 Å². The first kappa shape index (κ1) is 38.5. The number of rotatable bonds is 20. The van der Waals surface area contributed by atoms with Crippen molar-refractivity contribution in [1.82, 2.24) is 5.32 Å². The molecule has 2 atom stereocenters. The van der Waals surface area contributed by atoms with Crippen molar-refractivity contribution in [1.29, 1.82) is 0 Å². The second-order valence-electron chi connectivity index (χ2n) is 13.6. The highest BCUT2D eigenvalue weighted by molar-refractivity contribution is 5.89. The molecule has 0 aliphatic rings. The van der Waals surface area contributed by atoms with Crippen molar-refractivity contribution in [3.8, 4) is 0 Å². The van der Waals surface area contributed by atoms with Crippen molar-refractivity contribution >= 4 is 39.4 Å². The maximum Gasteiger partial charge on any atom is 0.339 e. The van der Waals surface area contributed by atoms with E-state index in [4.69, 9.17) is 18.9 Å². The molecule has 50 heavy (non-hydrogen) atoms. The zero-order chi connectivity index (χ0) is 35.8. The van der Waals surface area contributed by atoms with Crippen LogP contribution in [0.3, 0.4) is 0 Å². The van der Waals surface area contributed by atoms with Gasteiger partial charge in [-0.05, 0) is 98.9 Å². The van der Waals surface area contributed by atoms with Crippen LogP contribution in [0.2, 0.25) is 0 Å². The van der Waals surface area contributed by atoms with Gasteiger partial charge in [-0.2, -0.15) is 0 Å². The van der Waals surface area contributed by atoms with Gasteiger partial charge in [0.25, 0.3) is 5.91 Å². The molecule has 8 heteroatoms. The number of carbonyl (C=O) groups is 3. The lowest BCUT2D eigenvalue weighted by molar-refractivity contribution is -0.185. The summed E-state index contributed by atoms with van der Waals surface area (Å²) in [5, 5.41) is 7.85. The smallest absolute Gasteiger partial charge is 0.339 e. The van der Waals surface area contributed by atoms with Gasteiger partial charge in [0.05, 0.1) is 6.61 Å². The third-order valence-corrected chi connectivity index (χ3v) is 8.33. The zero-order valence-electron chi connectivity index (χ0n) is 30.1. The van der Waals surface area contributed by atoms with Crippen LogP contribution in [0.5, 0.6) is 0 Å². The molecular weight excluding hydrogens is 630 g/mol. The summed E-state index contributed by atoms with van der Waals surface area (Å²) >= 11 is 0. The summed E-state index contributed by atoms with van der Waals surface area (Å²) in [4.78, 5) is 39.1. The summed E-state index contributed by atoms with van der Waals surface area (Å²) in [6, 6.07) is 29.7. The molecule has 0 bridgehead atoms. The Bertz CT molecular complexity index is 1680. The molecule has 4 aromatic rings. The lowest BCUT2D eigenvalue weighted by Crippen LogP contribution is -2.51. The van der Waals surface area contributed by atoms with Gasteiger partial charge in [-0.25, -0.2) is 9.59 Å². The van der Waals surface area contributed by atoms with Crippen molar-refractivity contribution in [3.05, 3.63) is 96.1 Å². The summed E-state index contributed by atoms with van der Waals surface area (Å²) in [6.07, 6.45) is 4.33. The normalized spacial score (nSPS) is 12.8. The highest BCUT2D eigenvalue weighted by Gasteiger charge is 2.39. The molecule has 0 radical (unpaired) electrons. The van der Waals surface area contributed by atoms with Gasteiger partial charge in [0.2, 0.25) is 0 Å². The summed E-state index contributed by atoms with van der Waals surface area (Å²) in [6.45, 7) is 7.20. The fourth-order valence-corrected chi connectivity index (χ4v) is 5.85. The van der Waals surface area contributed by atoms with Gasteiger partial charge in [-0.1, -0.05) is 97.8 Å². The fourth-order valence-electron chi connectivity index (χ4n) is 5.85. The molecule has 0 aliphatic carbocycles. The van der Waals surface area contributed by atoms with E-state index < -0.39 is 42.3 Å². The number of fused-ring (bicyclic) bond motifs is 2. The lowest BCUT2D eigenvalue weighted by Gasteiger charge is -2.28. The number of hydrogen-bond donors (Lipinski definition) is 1. The topological polar surface area (TPSA) is 100 Å². The van der Waals surface area contributed by atoms with E-state index in [-0.39, 0.29) is 13.2 Å². The molecule has 8 nitrogen and oxygen atoms in total. The Morgan fingerprint density at radius 1 is 0.660 bits per heavy atom. The van der Waals surface area contributed by atoms with Crippen LogP contribution in [0.1, 0.15) is 77.3 Å². The van der Waals surface area contributed by atoms with Crippen LogP contribution in [-0.4, -0.2) is 62.0 Å². The number of hydrogen-bond acceptors (Lipinski definition) is 7. The lowest BCUT2D eigenvalue weighted by atomic mass is 10.0. The van der Waals surface area contributed by atoms with Crippen LogP contribution in [0.4, 0.5) is 0 Å². The molecule has 0 aliphatic heterocycles. The Morgan fingerprint density at radius 3 is 1.78 bits per heavy atom. The van der Waals surface area contributed by atoms with Gasteiger partial charge in [0.1, 0.15) is 12.2 Å². The molecule has 268 valence electrons. The number of ether oxygens (including phenoxy) is 4. The largest absolute Gasteiger partial charge is 0.464 e. The van der Waals surface area contributed by atoms with Gasteiger partial charge in [0, 0.05) is 13.2 Å². The minimum absolute atomic E-state index is 0.166. The summed E-state index contributed by atoms with van der Waals surface area (Å²) in [5.41, 5.74) is 1.73. The van der Waals surface area contributed by atoms with E-state index in [2.05, 4.69) is 72.0 Å². The average Bonchev–Trinajstić information content (AvgIpc) is 3.09. The Kier molecular flexibility index (Phi) is 15.3. The second kappa shape index (κ2) is 19.8. The van der Waals surface area contributed by atoms with E-state index in [9.17, 15) is 14.4 Å². The van der Waals surface area contributed by atoms with E-state index in [1.165, 1.54) is 32.7 Å². The quantitative estimate of drug-likeness (QED) is 0.0747. The molecule has 0 fully saturated rings. The van der Waals surface area contributed by atoms with E-state index >= 15 is 0 Å². The first-order chi connectivity index (χ1) is 24.1. The fraction of sp³-hybridized carbons (Fsp3) is 0.452. The highest BCUT2D eigenvalue weighted by Crippen LogP contribution is 2.20. The molecule has 0 saturated carbocycles. The predicted molar refractivity (Wildman–Crippen MR) is 198 cm³/mol. The highest BCUT2D eigenvalue weighted by atomic mass is 16.6. The predicted octanol–water partition coefficient (Wildman–Crippen LogP) is 7.91. The summed E-state index contributed by atoms with van der Waals surface area (Å²) in [7, 11) is 0. The summed E-state index contributed by atoms with van der Waals surface area (Å²) < 4.78 is 22.4. The first-order valence-electron chi connectivity index (χ1n) is 18.0. The molecule has 0 spiro atoms. The van der Waals surface area contributed by atoms with Gasteiger partial charge in [0.15, 0.2) is 12.2 Å². The number of nitrogens with one attached hydrogen (secondary N) is 1. The Morgan fingerprint density at radius 2 is 1.22 bits per heavy atom. The Hall–Kier alpha value is -4.27.